The fourth-order valence-corrected chi connectivity index (χ4v) is 2.23. The van der Waals surface area contributed by atoms with Gasteiger partial charge in [-0.25, -0.2) is 0 Å². The molecule has 0 aliphatic heterocycles. The van der Waals surface area contributed by atoms with Gasteiger partial charge in [0.15, 0.2) is 0 Å². The van der Waals surface area contributed by atoms with Crippen LogP contribution in [0.25, 0.3) is 10.6 Å². The standard InChI is InChI=1S/C7H7N3S.C4H5BrN2/c1-10-3-2-6(9-10)7-4-8-5-11-7;1-7-3-2-4(5)6-7/h2-5H,1H3;2-3H,1H3. The van der Waals surface area contributed by atoms with Crippen molar-refractivity contribution >= 4 is 27.3 Å². The van der Waals surface area contributed by atoms with Gasteiger partial charge in [-0.3, -0.25) is 14.3 Å². The van der Waals surface area contributed by atoms with Crippen molar-refractivity contribution in [1.82, 2.24) is 24.5 Å². The van der Waals surface area contributed by atoms with Gasteiger partial charge in [0.05, 0.1) is 10.4 Å². The van der Waals surface area contributed by atoms with E-state index in [1.165, 1.54) is 0 Å². The molecule has 7 heteroatoms. The largest absolute Gasteiger partial charge is 0.275 e. The molecule has 5 nitrogen and oxygen atoms in total. The number of aryl methyl sites for hydroxylation is 2. The van der Waals surface area contributed by atoms with Gasteiger partial charge in [0.1, 0.15) is 10.3 Å². The van der Waals surface area contributed by atoms with Crippen LogP contribution in [0.2, 0.25) is 0 Å². The first-order chi connectivity index (χ1) is 8.65. The Morgan fingerprint density at radius 1 is 1.11 bits per heavy atom. The smallest absolute Gasteiger partial charge is 0.128 e. The second kappa shape index (κ2) is 5.92. The molecule has 0 atom stereocenters. The molecular weight excluding hydrogens is 314 g/mol. The van der Waals surface area contributed by atoms with E-state index in [0.717, 1.165) is 15.2 Å². The van der Waals surface area contributed by atoms with E-state index in [0.29, 0.717) is 0 Å². The summed E-state index contributed by atoms with van der Waals surface area (Å²) in [7, 11) is 3.79. The molecule has 18 heavy (non-hydrogen) atoms. The zero-order chi connectivity index (χ0) is 13.0. The van der Waals surface area contributed by atoms with Crippen LogP contribution in [0.15, 0.2) is 40.8 Å². The van der Waals surface area contributed by atoms with Gasteiger partial charge in [0.2, 0.25) is 0 Å². The van der Waals surface area contributed by atoms with Crippen molar-refractivity contribution in [2.24, 2.45) is 14.1 Å². The first kappa shape index (κ1) is 13.0. The van der Waals surface area contributed by atoms with Crippen molar-refractivity contribution in [2.75, 3.05) is 0 Å². The molecule has 0 aromatic carbocycles. The fraction of sp³-hybridized carbons (Fsp3) is 0.182. The lowest BCUT2D eigenvalue weighted by Crippen LogP contribution is -1.86. The number of aromatic nitrogens is 5. The van der Waals surface area contributed by atoms with Crippen molar-refractivity contribution in [2.45, 2.75) is 0 Å². The third-order valence-electron chi connectivity index (χ3n) is 2.08. The topological polar surface area (TPSA) is 48.5 Å². The molecule has 0 saturated carbocycles. The molecule has 3 aromatic heterocycles. The van der Waals surface area contributed by atoms with Crippen LogP contribution in [0.4, 0.5) is 0 Å². The van der Waals surface area contributed by atoms with Gasteiger partial charge in [-0.2, -0.15) is 10.2 Å². The Hall–Kier alpha value is -1.47. The maximum atomic E-state index is 4.24. The Morgan fingerprint density at radius 3 is 2.22 bits per heavy atom. The Balaban J connectivity index is 0.000000149. The van der Waals surface area contributed by atoms with Gasteiger partial charge in [0.25, 0.3) is 0 Å². The average Bonchev–Trinajstić information content (AvgIpc) is 3.01. The lowest BCUT2D eigenvalue weighted by molar-refractivity contribution is 0.760. The Morgan fingerprint density at radius 2 is 1.83 bits per heavy atom. The van der Waals surface area contributed by atoms with Crippen LogP contribution in [0.5, 0.6) is 0 Å². The van der Waals surface area contributed by atoms with E-state index in [4.69, 9.17) is 0 Å². The van der Waals surface area contributed by atoms with Crippen molar-refractivity contribution in [3.05, 3.63) is 40.8 Å². The minimum Gasteiger partial charge on any atom is -0.275 e. The van der Waals surface area contributed by atoms with Crippen LogP contribution in [-0.2, 0) is 14.1 Å². The van der Waals surface area contributed by atoms with Crippen molar-refractivity contribution in [3.8, 4) is 10.6 Å². The molecule has 0 saturated heterocycles. The molecule has 0 spiro atoms. The lowest BCUT2D eigenvalue weighted by atomic mass is 10.4. The van der Waals surface area contributed by atoms with E-state index in [1.807, 2.05) is 50.3 Å². The summed E-state index contributed by atoms with van der Waals surface area (Å²) in [6.07, 6.45) is 5.63. The summed E-state index contributed by atoms with van der Waals surface area (Å²) < 4.78 is 4.41. The van der Waals surface area contributed by atoms with E-state index in [1.54, 1.807) is 20.7 Å². The molecule has 3 rings (SSSR count). The molecule has 0 aliphatic carbocycles. The third-order valence-corrected chi connectivity index (χ3v) is 3.30. The summed E-state index contributed by atoms with van der Waals surface area (Å²) >= 11 is 4.80. The van der Waals surface area contributed by atoms with Gasteiger partial charge in [-0.05, 0) is 28.1 Å². The summed E-state index contributed by atoms with van der Waals surface area (Å²) in [4.78, 5) is 5.09. The minimum absolute atomic E-state index is 0.884. The van der Waals surface area contributed by atoms with Gasteiger partial charge in [-0.1, -0.05) is 0 Å². The first-order valence-electron chi connectivity index (χ1n) is 5.19. The van der Waals surface area contributed by atoms with Crippen LogP contribution in [-0.4, -0.2) is 24.5 Å². The minimum atomic E-state index is 0.884. The van der Waals surface area contributed by atoms with E-state index >= 15 is 0 Å². The quantitative estimate of drug-likeness (QED) is 0.691. The van der Waals surface area contributed by atoms with Crippen LogP contribution in [0.3, 0.4) is 0 Å². The normalized spacial score (nSPS) is 9.94. The van der Waals surface area contributed by atoms with E-state index in [2.05, 4.69) is 31.1 Å². The van der Waals surface area contributed by atoms with Gasteiger partial charge < -0.3 is 0 Å². The molecule has 0 amide bonds. The molecule has 0 unspecified atom stereocenters. The predicted molar refractivity (Wildman–Crippen MR) is 75.2 cm³/mol. The molecule has 0 bridgehead atoms. The van der Waals surface area contributed by atoms with Crippen LogP contribution in [0.1, 0.15) is 0 Å². The van der Waals surface area contributed by atoms with Gasteiger partial charge in [0, 0.05) is 32.7 Å². The van der Waals surface area contributed by atoms with Crippen LogP contribution in [0, 0.1) is 0 Å². The number of hydrogen-bond donors (Lipinski definition) is 0. The molecule has 0 N–H and O–H groups in total. The molecule has 3 heterocycles. The highest BCUT2D eigenvalue weighted by molar-refractivity contribution is 9.10. The summed E-state index contributed by atoms with van der Waals surface area (Å²) in [6.45, 7) is 0. The molecule has 94 valence electrons. The molecule has 0 radical (unpaired) electrons. The second-order valence-corrected chi connectivity index (χ2v) is 5.25. The van der Waals surface area contributed by atoms with Crippen molar-refractivity contribution in [3.63, 3.8) is 0 Å². The highest BCUT2D eigenvalue weighted by atomic mass is 79.9. The SMILES string of the molecule is Cn1ccc(-c2cncs2)n1.Cn1ccc(Br)n1. The van der Waals surface area contributed by atoms with E-state index in [-0.39, 0.29) is 0 Å². The van der Waals surface area contributed by atoms with Crippen LogP contribution < -0.4 is 0 Å². The second-order valence-electron chi connectivity index (χ2n) is 3.55. The third kappa shape index (κ3) is 3.51. The zero-order valence-corrected chi connectivity index (χ0v) is 12.4. The average molecular weight is 326 g/mol. The first-order valence-corrected chi connectivity index (χ1v) is 6.86. The monoisotopic (exact) mass is 325 g/mol. The lowest BCUT2D eigenvalue weighted by Gasteiger charge is -1.86. The summed E-state index contributed by atoms with van der Waals surface area (Å²) in [5.74, 6) is 0. The number of nitrogens with zero attached hydrogens (tertiary/aromatic N) is 5. The summed E-state index contributed by atoms with van der Waals surface area (Å²) in [5, 5.41) is 8.18. The predicted octanol–water partition coefficient (Wildman–Crippen LogP) is 2.73. The maximum absolute atomic E-state index is 4.24. The maximum Gasteiger partial charge on any atom is 0.128 e. The molecule has 3 aromatic rings. The Bertz CT molecular complexity index is 582. The molecular formula is C11H12BrN5S. The molecule has 0 aliphatic rings. The Labute approximate surface area is 117 Å². The number of thiazole rings is 1. The van der Waals surface area contributed by atoms with Gasteiger partial charge >= 0.3 is 0 Å². The summed E-state index contributed by atoms with van der Waals surface area (Å²) in [5.41, 5.74) is 2.80. The number of hydrogen-bond acceptors (Lipinski definition) is 4. The highest BCUT2D eigenvalue weighted by Gasteiger charge is 2.00. The molecule has 0 fully saturated rings. The Kier molecular flexibility index (Phi) is 4.27. The van der Waals surface area contributed by atoms with Crippen molar-refractivity contribution < 1.29 is 0 Å². The van der Waals surface area contributed by atoms with E-state index < -0.39 is 0 Å². The fourth-order valence-electron chi connectivity index (χ4n) is 1.28. The summed E-state index contributed by atoms with van der Waals surface area (Å²) in [6, 6.07) is 3.87. The van der Waals surface area contributed by atoms with E-state index in [9.17, 15) is 0 Å². The highest BCUT2D eigenvalue weighted by Crippen LogP contribution is 2.19. The zero-order valence-electron chi connectivity index (χ0n) is 9.99. The van der Waals surface area contributed by atoms with Gasteiger partial charge in [-0.15, -0.1) is 11.3 Å². The number of rotatable bonds is 1. The van der Waals surface area contributed by atoms with Crippen molar-refractivity contribution in [1.29, 1.82) is 0 Å². The van der Waals surface area contributed by atoms with Crippen LogP contribution >= 0.6 is 27.3 Å². The number of halogens is 1.